The molecule has 1 aliphatic carbocycles. The molecule has 1 amide bonds. The van der Waals surface area contributed by atoms with Gasteiger partial charge in [-0.2, -0.15) is 0 Å². The Kier molecular flexibility index (Phi) is 5.68. The number of aromatic nitrogens is 2. The SMILES string of the molecule is CC(=O)N(c1nc(COC(=O)c2ccc3[nH]c4c(c3c2)CCCC4)cs1)c1ccccc1F. The number of carbonyl (C=O) groups excluding carboxylic acids is 2. The highest BCUT2D eigenvalue weighted by Gasteiger charge is 2.22. The smallest absolute Gasteiger partial charge is 0.338 e. The topological polar surface area (TPSA) is 75.3 Å². The molecule has 6 nitrogen and oxygen atoms in total. The van der Waals surface area contributed by atoms with Crippen LogP contribution in [0.2, 0.25) is 0 Å². The van der Waals surface area contributed by atoms with Gasteiger partial charge in [-0.15, -0.1) is 11.3 Å². The second-order valence-corrected chi connectivity index (χ2v) is 8.89. The lowest BCUT2D eigenvalue weighted by atomic mass is 9.95. The van der Waals surface area contributed by atoms with Crippen molar-refractivity contribution in [1.29, 1.82) is 0 Å². The van der Waals surface area contributed by atoms with E-state index in [4.69, 9.17) is 4.74 Å². The molecule has 8 heteroatoms. The number of fused-ring (bicyclic) bond motifs is 3. The molecule has 33 heavy (non-hydrogen) atoms. The van der Waals surface area contributed by atoms with E-state index in [1.54, 1.807) is 23.6 Å². The average molecular weight is 464 g/mol. The number of carbonyl (C=O) groups is 2. The summed E-state index contributed by atoms with van der Waals surface area (Å²) >= 11 is 1.19. The number of para-hydroxylation sites is 1. The van der Waals surface area contributed by atoms with E-state index in [1.165, 1.54) is 53.0 Å². The van der Waals surface area contributed by atoms with Crippen LogP contribution in [0.15, 0.2) is 47.8 Å². The van der Waals surface area contributed by atoms with Crippen molar-refractivity contribution in [3.8, 4) is 0 Å². The standard InChI is InChI=1S/C25H22FN3O3S/c1-15(30)29(23-9-5-3-7-20(23)26)25-27-17(14-33-25)13-32-24(31)16-10-11-22-19(12-16)18-6-2-4-8-21(18)28-22/h3,5,7,9-12,14,28H,2,4,6,8,13H2,1H3. The van der Waals surface area contributed by atoms with Crippen LogP contribution in [0.1, 0.15) is 47.1 Å². The highest BCUT2D eigenvalue weighted by Crippen LogP contribution is 2.32. The van der Waals surface area contributed by atoms with E-state index in [1.807, 2.05) is 12.1 Å². The molecule has 2 heterocycles. The van der Waals surface area contributed by atoms with Crippen LogP contribution < -0.4 is 4.90 Å². The number of halogens is 1. The van der Waals surface area contributed by atoms with Crippen molar-refractivity contribution < 1.29 is 18.7 Å². The highest BCUT2D eigenvalue weighted by molar-refractivity contribution is 7.14. The third kappa shape index (κ3) is 4.14. The molecule has 5 rings (SSSR count). The molecule has 4 aromatic rings. The summed E-state index contributed by atoms with van der Waals surface area (Å²) in [5, 5.41) is 3.10. The number of aromatic amines is 1. The maximum atomic E-state index is 14.2. The Labute approximate surface area is 194 Å². The van der Waals surface area contributed by atoms with Crippen LogP contribution in [0.4, 0.5) is 15.2 Å². The van der Waals surface area contributed by atoms with Crippen LogP contribution in [0.3, 0.4) is 0 Å². The Morgan fingerprint density at radius 1 is 1.18 bits per heavy atom. The Morgan fingerprint density at radius 3 is 2.82 bits per heavy atom. The predicted octanol–water partition coefficient (Wildman–Crippen LogP) is 5.68. The largest absolute Gasteiger partial charge is 0.456 e. The molecule has 0 fully saturated rings. The quantitative estimate of drug-likeness (QED) is 0.386. The van der Waals surface area contributed by atoms with Gasteiger partial charge in [0, 0.05) is 28.9 Å². The van der Waals surface area contributed by atoms with Gasteiger partial charge >= 0.3 is 5.97 Å². The summed E-state index contributed by atoms with van der Waals surface area (Å²) in [6, 6.07) is 11.6. The van der Waals surface area contributed by atoms with Crippen molar-refractivity contribution in [1.82, 2.24) is 9.97 Å². The molecule has 0 spiro atoms. The Morgan fingerprint density at radius 2 is 2.00 bits per heavy atom. The number of nitrogens with one attached hydrogen (secondary N) is 1. The zero-order chi connectivity index (χ0) is 22.9. The lowest BCUT2D eigenvalue weighted by Gasteiger charge is -2.18. The van der Waals surface area contributed by atoms with Crippen molar-refractivity contribution >= 4 is 44.9 Å². The molecule has 2 aromatic carbocycles. The fourth-order valence-electron chi connectivity index (χ4n) is 4.26. The van der Waals surface area contributed by atoms with Gasteiger partial charge in [0.2, 0.25) is 5.91 Å². The second kappa shape index (κ2) is 8.78. The van der Waals surface area contributed by atoms with Crippen LogP contribution >= 0.6 is 11.3 Å². The summed E-state index contributed by atoms with van der Waals surface area (Å²) in [6.45, 7) is 1.31. The van der Waals surface area contributed by atoms with Gasteiger partial charge < -0.3 is 9.72 Å². The van der Waals surface area contributed by atoms with Gasteiger partial charge in [0.05, 0.1) is 16.9 Å². The lowest BCUT2D eigenvalue weighted by molar-refractivity contribution is -0.115. The molecule has 168 valence electrons. The van der Waals surface area contributed by atoms with E-state index in [0.717, 1.165) is 30.2 Å². The van der Waals surface area contributed by atoms with Crippen molar-refractivity contribution in [2.24, 2.45) is 0 Å². The summed E-state index contributed by atoms with van der Waals surface area (Å²) in [7, 11) is 0. The fourth-order valence-corrected chi connectivity index (χ4v) is 5.13. The molecule has 0 saturated heterocycles. The molecule has 0 atom stereocenters. The number of hydrogen-bond acceptors (Lipinski definition) is 5. The molecule has 0 unspecified atom stereocenters. The molecule has 0 bridgehead atoms. The first-order valence-electron chi connectivity index (χ1n) is 10.8. The van der Waals surface area contributed by atoms with E-state index in [9.17, 15) is 14.0 Å². The minimum absolute atomic E-state index is 0.0400. The Bertz CT molecular complexity index is 1360. The van der Waals surface area contributed by atoms with Crippen LogP contribution in [0.5, 0.6) is 0 Å². The third-order valence-corrected chi connectivity index (χ3v) is 6.70. The average Bonchev–Trinajstić information content (AvgIpc) is 3.43. The van der Waals surface area contributed by atoms with E-state index in [2.05, 4.69) is 9.97 Å². The number of rotatable bonds is 5. The normalized spacial score (nSPS) is 13.0. The Balaban J connectivity index is 1.32. The number of amides is 1. The number of H-pyrrole nitrogens is 1. The number of nitrogens with zero attached hydrogens (tertiary/aromatic N) is 2. The molecule has 0 aliphatic heterocycles. The van der Waals surface area contributed by atoms with Crippen LogP contribution in [0, 0.1) is 5.82 Å². The first kappa shape index (κ1) is 21.3. The monoisotopic (exact) mass is 463 g/mol. The molecule has 0 saturated carbocycles. The number of benzene rings is 2. The maximum absolute atomic E-state index is 14.2. The minimum Gasteiger partial charge on any atom is -0.456 e. The first-order chi connectivity index (χ1) is 16.0. The summed E-state index contributed by atoms with van der Waals surface area (Å²) in [6.07, 6.45) is 4.40. The highest BCUT2D eigenvalue weighted by atomic mass is 32.1. The first-order valence-corrected chi connectivity index (χ1v) is 11.7. The van der Waals surface area contributed by atoms with Gasteiger partial charge in [-0.25, -0.2) is 14.2 Å². The van der Waals surface area contributed by atoms with E-state index < -0.39 is 11.8 Å². The van der Waals surface area contributed by atoms with E-state index >= 15 is 0 Å². The number of anilines is 2. The number of thiazole rings is 1. The predicted molar refractivity (Wildman–Crippen MR) is 125 cm³/mol. The number of ether oxygens (including phenoxy) is 1. The second-order valence-electron chi connectivity index (χ2n) is 8.05. The van der Waals surface area contributed by atoms with Crippen molar-refractivity contribution in [2.45, 2.75) is 39.2 Å². The number of esters is 1. The zero-order valence-electron chi connectivity index (χ0n) is 18.1. The van der Waals surface area contributed by atoms with Crippen LogP contribution in [-0.2, 0) is 29.0 Å². The molecular formula is C25H22FN3O3S. The van der Waals surface area contributed by atoms with Crippen molar-refractivity contribution in [2.75, 3.05) is 4.90 Å². The van der Waals surface area contributed by atoms with Gasteiger partial charge in [0.1, 0.15) is 12.4 Å². The van der Waals surface area contributed by atoms with E-state index in [-0.39, 0.29) is 18.2 Å². The molecule has 0 radical (unpaired) electrons. The third-order valence-electron chi connectivity index (χ3n) is 5.82. The van der Waals surface area contributed by atoms with Gasteiger partial charge in [-0.1, -0.05) is 12.1 Å². The lowest BCUT2D eigenvalue weighted by Crippen LogP contribution is -2.23. The van der Waals surface area contributed by atoms with Crippen LogP contribution in [-0.4, -0.2) is 21.8 Å². The summed E-state index contributed by atoms with van der Waals surface area (Å²) < 4.78 is 19.7. The fraction of sp³-hybridized carbons (Fsp3) is 0.240. The summed E-state index contributed by atoms with van der Waals surface area (Å²) in [4.78, 5) is 33.9. The number of aryl methyl sites for hydroxylation is 2. The van der Waals surface area contributed by atoms with Crippen LogP contribution in [0.25, 0.3) is 10.9 Å². The van der Waals surface area contributed by atoms with Gasteiger partial charge in [-0.3, -0.25) is 9.69 Å². The minimum atomic E-state index is -0.516. The van der Waals surface area contributed by atoms with Gasteiger partial charge in [-0.05, 0) is 61.6 Å². The maximum Gasteiger partial charge on any atom is 0.338 e. The Hall–Kier alpha value is -3.52. The van der Waals surface area contributed by atoms with E-state index in [0.29, 0.717) is 16.4 Å². The summed E-state index contributed by atoms with van der Waals surface area (Å²) in [5.74, 6) is -1.31. The molecule has 1 N–H and O–H groups in total. The number of hydrogen-bond donors (Lipinski definition) is 1. The van der Waals surface area contributed by atoms with Gasteiger partial charge in [0.25, 0.3) is 0 Å². The van der Waals surface area contributed by atoms with Gasteiger partial charge in [0.15, 0.2) is 5.13 Å². The molecule has 2 aromatic heterocycles. The zero-order valence-corrected chi connectivity index (χ0v) is 18.9. The molecule has 1 aliphatic rings. The molecular weight excluding hydrogens is 441 g/mol. The van der Waals surface area contributed by atoms with Crippen molar-refractivity contribution in [3.05, 3.63) is 76.2 Å². The van der Waals surface area contributed by atoms with Crippen molar-refractivity contribution in [3.63, 3.8) is 0 Å². The summed E-state index contributed by atoms with van der Waals surface area (Å²) in [5.41, 5.74) is 4.72.